The first-order valence-corrected chi connectivity index (χ1v) is 5.95. The molecule has 0 radical (unpaired) electrons. The summed E-state index contributed by atoms with van der Waals surface area (Å²) in [6.45, 7) is 1.52. The topological polar surface area (TPSA) is 26.3 Å². The predicted octanol–water partition coefficient (Wildman–Crippen LogP) is 4.22. The molecule has 92 valence electrons. The molecule has 0 amide bonds. The largest absolute Gasteiger partial charge is 0.495 e. The molecule has 0 aliphatic carbocycles. The number of methoxy groups -OCH3 is 1. The molecule has 0 unspecified atom stereocenters. The fourth-order valence-corrected chi connectivity index (χ4v) is 2.13. The third-order valence-electron chi connectivity index (χ3n) is 2.74. The van der Waals surface area contributed by atoms with Gasteiger partial charge in [0.05, 0.1) is 12.1 Å². The maximum absolute atomic E-state index is 11.5. The lowest BCUT2D eigenvalue weighted by atomic mass is 10.0. The molecule has 2 rings (SSSR count). The third kappa shape index (κ3) is 2.39. The molecule has 2 nitrogen and oxygen atoms in total. The van der Waals surface area contributed by atoms with E-state index in [1.807, 2.05) is 36.4 Å². The van der Waals surface area contributed by atoms with Crippen molar-refractivity contribution in [3.8, 4) is 16.9 Å². The van der Waals surface area contributed by atoms with Crippen LogP contribution in [0.3, 0.4) is 0 Å². The molecule has 0 aliphatic rings. The molecule has 0 aromatic heterocycles. The van der Waals surface area contributed by atoms with Crippen LogP contribution in [-0.2, 0) is 0 Å². The van der Waals surface area contributed by atoms with E-state index in [1.54, 1.807) is 13.2 Å². The van der Waals surface area contributed by atoms with Crippen molar-refractivity contribution in [2.24, 2.45) is 0 Å². The first-order valence-electron chi connectivity index (χ1n) is 5.57. The molecular weight excluding hydrogens is 248 g/mol. The zero-order valence-corrected chi connectivity index (χ0v) is 11.0. The van der Waals surface area contributed by atoms with Crippen molar-refractivity contribution in [2.75, 3.05) is 7.11 Å². The van der Waals surface area contributed by atoms with E-state index in [1.165, 1.54) is 6.92 Å². The highest BCUT2D eigenvalue weighted by Gasteiger charge is 2.13. The number of carbonyl (C=O) groups is 1. The van der Waals surface area contributed by atoms with Crippen LogP contribution < -0.4 is 4.74 Å². The van der Waals surface area contributed by atoms with Gasteiger partial charge < -0.3 is 4.74 Å². The highest BCUT2D eigenvalue weighted by molar-refractivity contribution is 6.33. The van der Waals surface area contributed by atoms with Gasteiger partial charge in [-0.05, 0) is 24.6 Å². The van der Waals surface area contributed by atoms with Gasteiger partial charge in [0, 0.05) is 11.1 Å². The smallest absolute Gasteiger partial charge is 0.159 e. The van der Waals surface area contributed by atoms with E-state index in [2.05, 4.69) is 0 Å². The molecule has 2 aromatic carbocycles. The highest BCUT2D eigenvalue weighted by atomic mass is 35.5. The number of ether oxygens (including phenoxy) is 1. The molecule has 2 aromatic rings. The average Bonchev–Trinajstić information content (AvgIpc) is 2.38. The predicted molar refractivity (Wildman–Crippen MR) is 73.4 cm³/mol. The zero-order valence-electron chi connectivity index (χ0n) is 10.2. The molecular formula is C15H13ClO2. The van der Waals surface area contributed by atoms with Crippen LogP contribution in [0.1, 0.15) is 17.3 Å². The van der Waals surface area contributed by atoms with Crippen LogP contribution in [0.4, 0.5) is 0 Å². The lowest BCUT2D eigenvalue weighted by Gasteiger charge is -2.12. The Morgan fingerprint density at radius 1 is 1.17 bits per heavy atom. The van der Waals surface area contributed by atoms with E-state index in [9.17, 15) is 4.79 Å². The minimum absolute atomic E-state index is 0.0169. The lowest BCUT2D eigenvalue weighted by molar-refractivity contribution is 0.101. The van der Waals surface area contributed by atoms with Crippen LogP contribution in [-0.4, -0.2) is 12.9 Å². The number of Topliss-reactive ketones (excluding diaryl/α,β-unsaturated/α-hetero) is 1. The molecule has 0 fully saturated rings. The molecule has 0 saturated heterocycles. The Morgan fingerprint density at radius 2 is 1.83 bits per heavy atom. The molecule has 0 spiro atoms. The van der Waals surface area contributed by atoms with Crippen LogP contribution in [0.2, 0.25) is 5.02 Å². The number of carbonyl (C=O) groups excluding carboxylic acids is 1. The van der Waals surface area contributed by atoms with Crippen molar-refractivity contribution in [3.05, 3.63) is 53.1 Å². The number of rotatable bonds is 3. The fourth-order valence-electron chi connectivity index (χ4n) is 1.84. The molecule has 0 bridgehead atoms. The molecule has 0 atom stereocenters. The summed E-state index contributed by atoms with van der Waals surface area (Å²) in [6.07, 6.45) is 0. The van der Waals surface area contributed by atoms with Gasteiger partial charge in [-0.25, -0.2) is 0 Å². The summed E-state index contributed by atoms with van der Waals surface area (Å²) in [6, 6.07) is 13.2. The third-order valence-corrected chi connectivity index (χ3v) is 3.02. The number of ketones is 1. The normalized spacial score (nSPS) is 10.2. The molecule has 0 N–H and O–H groups in total. The van der Waals surface area contributed by atoms with E-state index in [0.717, 1.165) is 11.1 Å². The van der Waals surface area contributed by atoms with E-state index in [4.69, 9.17) is 16.3 Å². The number of hydrogen-bond donors (Lipinski definition) is 0. The molecule has 0 aliphatic heterocycles. The Labute approximate surface area is 111 Å². The summed E-state index contributed by atoms with van der Waals surface area (Å²) in [5.74, 6) is 0.574. The minimum Gasteiger partial charge on any atom is -0.495 e. The number of hydrogen-bond acceptors (Lipinski definition) is 2. The van der Waals surface area contributed by atoms with E-state index in [-0.39, 0.29) is 5.78 Å². The van der Waals surface area contributed by atoms with E-state index < -0.39 is 0 Å². The summed E-state index contributed by atoms with van der Waals surface area (Å²) >= 11 is 6.15. The second-order valence-electron chi connectivity index (χ2n) is 3.96. The van der Waals surface area contributed by atoms with Gasteiger partial charge in [-0.2, -0.15) is 0 Å². The van der Waals surface area contributed by atoms with E-state index in [0.29, 0.717) is 16.3 Å². The quantitative estimate of drug-likeness (QED) is 0.773. The lowest BCUT2D eigenvalue weighted by Crippen LogP contribution is -1.96. The molecule has 0 heterocycles. The fraction of sp³-hybridized carbons (Fsp3) is 0.133. The zero-order chi connectivity index (χ0) is 13.1. The van der Waals surface area contributed by atoms with Crippen LogP contribution in [0.25, 0.3) is 11.1 Å². The summed E-state index contributed by atoms with van der Waals surface area (Å²) in [5.41, 5.74) is 2.38. The summed E-state index contributed by atoms with van der Waals surface area (Å²) < 4.78 is 5.32. The molecule has 3 heteroatoms. The monoisotopic (exact) mass is 260 g/mol. The van der Waals surface area contributed by atoms with Gasteiger partial charge in [0.25, 0.3) is 0 Å². The molecule has 18 heavy (non-hydrogen) atoms. The van der Waals surface area contributed by atoms with Crippen LogP contribution in [0.15, 0.2) is 42.5 Å². The Hall–Kier alpha value is -1.80. The van der Waals surface area contributed by atoms with Crippen molar-refractivity contribution in [3.63, 3.8) is 0 Å². The Morgan fingerprint density at radius 3 is 2.39 bits per heavy atom. The second-order valence-corrected chi connectivity index (χ2v) is 4.37. The first kappa shape index (κ1) is 12.7. The number of halogens is 1. The Bertz CT molecular complexity index is 577. The van der Waals surface area contributed by atoms with Crippen LogP contribution >= 0.6 is 11.6 Å². The SMILES string of the molecule is COc1c(Cl)cc(C(C)=O)cc1-c1ccccc1. The number of benzene rings is 2. The summed E-state index contributed by atoms with van der Waals surface area (Å²) in [4.78, 5) is 11.5. The van der Waals surface area contributed by atoms with Crippen LogP contribution in [0.5, 0.6) is 5.75 Å². The van der Waals surface area contributed by atoms with Gasteiger partial charge in [0.2, 0.25) is 0 Å². The average molecular weight is 261 g/mol. The first-order chi connectivity index (χ1) is 8.63. The van der Waals surface area contributed by atoms with E-state index >= 15 is 0 Å². The van der Waals surface area contributed by atoms with Crippen molar-refractivity contribution in [2.45, 2.75) is 6.92 Å². The Kier molecular flexibility index (Phi) is 3.68. The van der Waals surface area contributed by atoms with Gasteiger partial charge in [-0.15, -0.1) is 0 Å². The van der Waals surface area contributed by atoms with Gasteiger partial charge in [0.1, 0.15) is 5.75 Å². The Balaban J connectivity index is 2.67. The maximum atomic E-state index is 11.5. The van der Waals surface area contributed by atoms with Crippen LogP contribution in [0, 0.1) is 0 Å². The van der Waals surface area contributed by atoms with Crippen molar-refractivity contribution in [1.82, 2.24) is 0 Å². The second kappa shape index (κ2) is 5.23. The van der Waals surface area contributed by atoms with Gasteiger partial charge >= 0.3 is 0 Å². The van der Waals surface area contributed by atoms with Crippen molar-refractivity contribution >= 4 is 17.4 Å². The van der Waals surface area contributed by atoms with Crippen molar-refractivity contribution in [1.29, 1.82) is 0 Å². The minimum atomic E-state index is -0.0169. The van der Waals surface area contributed by atoms with Gasteiger partial charge in [0.15, 0.2) is 5.78 Å². The summed E-state index contributed by atoms with van der Waals surface area (Å²) in [5, 5.41) is 0.448. The maximum Gasteiger partial charge on any atom is 0.159 e. The van der Waals surface area contributed by atoms with Gasteiger partial charge in [-0.3, -0.25) is 4.79 Å². The standard InChI is InChI=1S/C15H13ClO2/c1-10(17)12-8-13(11-6-4-3-5-7-11)15(18-2)14(16)9-12/h3-9H,1-2H3. The summed E-state index contributed by atoms with van der Waals surface area (Å²) in [7, 11) is 1.57. The molecule has 0 saturated carbocycles. The van der Waals surface area contributed by atoms with Crippen molar-refractivity contribution < 1.29 is 9.53 Å². The van der Waals surface area contributed by atoms with Gasteiger partial charge in [-0.1, -0.05) is 41.9 Å². The highest BCUT2D eigenvalue weighted by Crippen LogP contribution is 2.37.